The highest BCUT2D eigenvalue weighted by Crippen LogP contribution is 2.44. The van der Waals surface area contributed by atoms with Gasteiger partial charge in [-0.1, -0.05) is 121 Å². The molecule has 0 aliphatic heterocycles. The molecule has 5 aromatic heterocycles. The number of thiophene rings is 1. The Hall–Kier alpha value is -7.61. The fourth-order valence-corrected chi connectivity index (χ4v) is 10.6. The Bertz CT molecular complexity index is 3950. The van der Waals surface area contributed by atoms with Crippen LogP contribution in [-0.2, 0) is 0 Å². The predicted molar refractivity (Wildman–Crippen MR) is 242 cm³/mol. The van der Waals surface area contributed by atoms with Gasteiger partial charge in [0.05, 0.1) is 32.5 Å². The molecule has 0 bridgehead atoms. The van der Waals surface area contributed by atoms with E-state index in [0.29, 0.717) is 17.0 Å². The third-order valence-electron chi connectivity index (χ3n) is 11.9. The van der Waals surface area contributed by atoms with E-state index in [9.17, 15) is 4.79 Å². The van der Waals surface area contributed by atoms with Crippen molar-refractivity contribution in [3.8, 4) is 17.3 Å². The second-order valence-corrected chi connectivity index (χ2v) is 16.0. The van der Waals surface area contributed by atoms with E-state index in [4.69, 9.17) is 9.97 Å². The van der Waals surface area contributed by atoms with Crippen molar-refractivity contribution in [2.24, 2.45) is 0 Å². The van der Waals surface area contributed by atoms with Crippen LogP contribution in [0.1, 0.15) is 0 Å². The molecule has 0 saturated heterocycles. The molecule has 0 aliphatic rings. The summed E-state index contributed by atoms with van der Waals surface area (Å²) in [4.78, 5) is 25.6. The smallest absolute Gasteiger partial charge is 0.264 e. The fourth-order valence-electron chi connectivity index (χ4n) is 9.40. The molecule has 270 valence electrons. The van der Waals surface area contributed by atoms with Crippen LogP contribution in [0.25, 0.3) is 114 Å². The van der Waals surface area contributed by atoms with Crippen LogP contribution in [-0.4, -0.2) is 23.7 Å². The molecule has 0 spiro atoms. The number of fused-ring (bicyclic) bond motifs is 15. The number of hydrogen-bond acceptors (Lipinski definition) is 4. The van der Waals surface area contributed by atoms with Gasteiger partial charge in [0.1, 0.15) is 0 Å². The lowest BCUT2D eigenvalue weighted by atomic mass is 10.0. The van der Waals surface area contributed by atoms with Gasteiger partial charge >= 0.3 is 0 Å². The van der Waals surface area contributed by atoms with E-state index >= 15 is 0 Å². The van der Waals surface area contributed by atoms with Crippen LogP contribution in [0.2, 0.25) is 0 Å². The topological polar surface area (TPSA) is 57.6 Å². The molecule has 7 heteroatoms. The molecule has 0 aliphatic carbocycles. The van der Waals surface area contributed by atoms with Gasteiger partial charge in [-0.3, -0.25) is 13.9 Å². The summed E-state index contributed by atoms with van der Waals surface area (Å²) in [5.74, 6) is 0.510. The van der Waals surface area contributed by atoms with Crippen molar-refractivity contribution in [2.45, 2.75) is 0 Å². The van der Waals surface area contributed by atoms with Gasteiger partial charge in [0.15, 0.2) is 5.65 Å². The fraction of sp³-hybridized carbons (Fsp3) is 0. The van der Waals surface area contributed by atoms with E-state index in [1.165, 1.54) is 30.9 Å². The highest BCUT2D eigenvalue weighted by Gasteiger charge is 2.23. The van der Waals surface area contributed by atoms with E-state index < -0.39 is 0 Å². The summed E-state index contributed by atoms with van der Waals surface area (Å²) in [6.45, 7) is 0. The summed E-state index contributed by atoms with van der Waals surface area (Å²) >= 11 is 1.80. The maximum Gasteiger partial charge on any atom is 0.264 e. The normalized spacial score (nSPS) is 12.2. The van der Waals surface area contributed by atoms with Gasteiger partial charge in [-0.15, -0.1) is 11.3 Å². The number of benzene rings is 8. The first kappa shape index (κ1) is 31.6. The number of rotatable bonds is 3. The van der Waals surface area contributed by atoms with Crippen molar-refractivity contribution in [3.05, 3.63) is 186 Å². The summed E-state index contributed by atoms with van der Waals surface area (Å²) in [5.41, 5.74) is 6.40. The Balaban J connectivity index is 1.16. The van der Waals surface area contributed by atoms with Gasteiger partial charge in [-0.05, 0) is 64.7 Å². The lowest BCUT2D eigenvalue weighted by Crippen LogP contribution is -2.21. The Labute approximate surface area is 333 Å². The SMILES string of the molecule is O=c1c2ccccc2c2cnc(-n3c4ccc5ccccc5c4c4ccc5c6ccccc6sc5c43)nc2n1-c1ccc2c3ccccc3n(-c3ccccc3)c2c1. The van der Waals surface area contributed by atoms with Crippen LogP contribution >= 0.6 is 11.3 Å². The van der Waals surface area contributed by atoms with E-state index in [1.54, 1.807) is 15.9 Å². The third-order valence-corrected chi connectivity index (χ3v) is 13.1. The second-order valence-electron chi connectivity index (χ2n) is 14.9. The summed E-state index contributed by atoms with van der Waals surface area (Å²) in [6, 6.07) is 59.0. The molecule has 13 aromatic rings. The molecule has 58 heavy (non-hydrogen) atoms. The minimum absolute atomic E-state index is 0.130. The Kier molecular flexibility index (Phi) is 6.37. The van der Waals surface area contributed by atoms with Gasteiger partial charge in [0, 0.05) is 59.7 Å². The second kappa shape index (κ2) is 11.7. The standard InChI is InChI=1S/C51H29N5OS/c57-50-39-19-7-6-16-34(39)41-29-52-51(53-49(41)55(50)32-23-24-36-35-17-8-10-20-42(35)54(44(36)28-32)31-13-2-1-3-14-31)56-43-27-22-30-12-4-5-15-33(30)46(43)40-26-25-38-37-18-9-11-21-45(37)58-48(38)47(40)56/h1-29H. The molecule has 6 nitrogen and oxygen atoms in total. The lowest BCUT2D eigenvalue weighted by Gasteiger charge is -2.15. The van der Waals surface area contributed by atoms with E-state index in [2.05, 4.69) is 149 Å². The van der Waals surface area contributed by atoms with Gasteiger partial charge in [-0.2, -0.15) is 4.98 Å². The molecule has 0 unspecified atom stereocenters. The molecule has 0 fully saturated rings. The summed E-state index contributed by atoms with van der Waals surface area (Å²) in [7, 11) is 0. The summed E-state index contributed by atoms with van der Waals surface area (Å²) in [6.07, 6.45) is 1.90. The molecule has 0 radical (unpaired) electrons. The third kappa shape index (κ3) is 4.22. The monoisotopic (exact) mass is 759 g/mol. The summed E-state index contributed by atoms with van der Waals surface area (Å²) < 4.78 is 8.69. The number of para-hydroxylation sites is 2. The molecule has 8 aromatic carbocycles. The number of nitrogens with zero attached hydrogens (tertiary/aromatic N) is 5. The van der Waals surface area contributed by atoms with Crippen LogP contribution in [0.3, 0.4) is 0 Å². The van der Waals surface area contributed by atoms with Gasteiger partial charge in [0.2, 0.25) is 5.95 Å². The zero-order valence-electron chi connectivity index (χ0n) is 30.8. The molecule has 0 saturated carbocycles. The Morgan fingerprint density at radius 2 is 1.14 bits per heavy atom. The largest absolute Gasteiger partial charge is 0.309 e. The van der Waals surface area contributed by atoms with Crippen molar-refractivity contribution >= 4 is 108 Å². The minimum atomic E-state index is -0.130. The number of hydrogen-bond donors (Lipinski definition) is 0. The van der Waals surface area contributed by atoms with E-state index in [0.717, 1.165) is 65.8 Å². The molecular weight excluding hydrogens is 731 g/mol. The number of aromatic nitrogens is 5. The Morgan fingerprint density at radius 1 is 0.448 bits per heavy atom. The molecule has 0 atom stereocenters. The van der Waals surface area contributed by atoms with Crippen molar-refractivity contribution in [1.82, 2.24) is 23.7 Å². The van der Waals surface area contributed by atoms with Crippen LogP contribution in [0.5, 0.6) is 0 Å². The molecule has 0 amide bonds. The van der Waals surface area contributed by atoms with Crippen LogP contribution in [0, 0.1) is 0 Å². The van der Waals surface area contributed by atoms with Crippen LogP contribution in [0.4, 0.5) is 0 Å². The van der Waals surface area contributed by atoms with E-state index in [-0.39, 0.29) is 5.56 Å². The average Bonchev–Trinajstić information content (AvgIpc) is 3.94. The van der Waals surface area contributed by atoms with E-state index in [1.807, 2.05) is 36.5 Å². The lowest BCUT2D eigenvalue weighted by molar-refractivity contribution is 0.967. The molecule has 5 heterocycles. The van der Waals surface area contributed by atoms with Gasteiger partial charge < -0.3 is 4.57 Å². The maximum absolute atomic E-state index is 14.9. The average molecular weight is 760 g/mol. The van der Waals surface area contributed by atoms with Crippen molar-refractivity contribution in [2.75, 3.05) is 0 Å². The van der Waals surface area contributed by atoms with Crippen LogP contribution in [0.15, 0.2) is 181 Å². The van der Waals surface area contributed by atoms with Crippen molar-refractivity contribution in [1.29, 1.82) is 0 Å². The predicted octanol–water partition coefficient (Wildman–Crippen LogP) is 12.6. The molecular formula is C51H29N5OS. The highest BCUT2D eigenvalue weighted by atomic mass is 32.1. The highest BCUT2D eigenvalue weighted by molar-refractivity contribution is 7.26. The van der Waals surface area contributed by atoms with Crippen molar-refractivity contribution < 1.29 is 0 Å². The Morgan fingerprint density at radius 3 is 2.02 bits per heavy atom. The van der Waals surface area contributed by atoms with Crippen molar-refractivity contribution in [3.63, 3.8) is 0 Å². The zero-order chi connectivity index (χ0) is 38.1. The quantitative estimate of drug-likeness (QED) is 0.169. The number of pyridine rings is 1. The maximum atomic E-state index is 14.9. The first-order valence-electron chi connectivity index (χ1n) is 19.4. The summed E-state index contributed by atoms with van der Waals surface area (Å²) in [5, 5.41) is 11.6. The minimum Gasteiger partial charge on any atom is -0.309 e. The molecule has 13 rings (SSSR count). The first-order chi connectivity index (χ1) is 28.7. The van der Waals surface area contributed by atoms with Crippen LogP contribution < -0.4 is 5.56 Å². The molecule has 0 N–H and O–H groups in total. The zero-order valence-corrected chi connectivity index (χ0v) is 31.6. The van der Waals surface area contributed by atoms with Gasteiger partial charge in [0.25, 0.3) is 5.56 Å². The van der Waals surface area contributed by atoms with Gasteiger partial charge in [-0.25, -0.2) is 4.98 Å². The first-order valence-corrected chi connectivity index (χ1v) is 20.2.